The Morgan fingerprint density at radius 2 is 2.19 bits per heavy atom. The highest BCUT2D eigenvalue weighted by molar-refractivity contribution is 7.99. The van der Waals surface area contributed by atoms with Gasteiger partial charge in [0, 0.05) is 18.8 Å². The monoisotopic (exact) mass is 318 g/mol. The van der Waals surface area contributed by atoms with Gasteiger partial charge in [0.05, 0.1) is 32.1 Å². The number of urea groups is 1. The lowest BCUT2D eigenvalue weighted by Crippen LogP contribution is -2.54. The molecule has 2 rings (SSSR count). The van der Waals surface area contributed by atoms with E-state index < -0.39 is 24.1 Å². The van der Waals surface area contributed by atoms with E-state index in [4.69, 9.17) is 9.84 Å². The van der Waals surface area contributed by atoms with Gasteiger partial charge in [0.15, 0.2) is 0 Å². The highest BCUT2D eigenvalue weighted by Gasteiger charge is 2.38. The van der Waals surface area contributed by atoms with Gasteiger partial charge in [-0.15, -0.1) is 11.8 Å². The molecule has 2 heterocycles. The second kappa shape index (κ2) is 6.99. The fourth-order valence-corrected chi connectivity index (χ4v) is 3.44. The van der Waals surface area contributed by atoms with Crippen molar-refractivity contribution in [2.75, 3.05) is 38.4 Å². The highest BCUT2D eigenvalue weighted by Crippen LogP contribution is 2.23. The van der Waals surface area contributed by atoms with Gasteiger partial charge >= 0.3 is 18.0 Å². The molecule has 0 bridgehead atoms. The molecule has 118 valence electrons. The first-order chi connectivity index (χ1) is 10.0. The van der Waals surface area contributed by atoms with Crippen molar-refractivity contribution >= 4 is 29.7 Å². The van der Waals surface area contributed by atoms with Crippen molar-refractivity contribution in [3.8, 4) is 0 Å². The predicted octanol–water partition coefficient (Wildman–Crippen LogP) is -0.170. The number of morpholine rings is 1. The summed E-state index contributed by atoms with van der Waals surface area (Å²) in [6, 6.07) is -1.10. The zero-order valence-corrected chi connectivity index (χ0v) is 12.5. The van der Waals surface area contributed by atoms with Gasteiger partial charge < -0.3 is 24.4 Å². The van der Waals surface area contributed by atoms with Crippen LogP contribution in [0.15, 0.2) is 0 Å². The highest BCUT2D eigenvalue weighted by atomic mass is 32.2. The minimum Gasteiger partial charge on any atom is -0.480 e. The number of rotatable bonds is 3. The van der Waals surface area contributed by atoms with Crippen LogP contribution in [0.3, 0.4) is 0 Å². The Hall–Kier alpha value is -1.48. The van der Waals surface area contributed by atoms with Crippen molar-refractivity contribution in [2.45, 2.75) is 18.6 Å². The van der Waals surface area contributed by atoms with Crippen molar-refractivity contribution in [1.82, 2.24) is 9.80 Å². The number of aliphatic carboxylic acids is 1. The van der Waals surface area contributed by atoms with Crippen molar-refractivity contribution < 1.29 is 29.0 Å². The van der Waals surface area contributed by atoms with Gasteiger partial charge in [0.25, 0.3) is 0 Å². The van der Waals surface area contributed by atoms with Crippen LogP contribution in [-0.2, 0) is 19.1 Å². The number of carboxylic acids is 1. The first-order valence-corrected chi connectivity index (χ1v) is 7.73. The molecular formula is C12H18N2O6S. The van der Waals surface area contributed by atoms with Crippen molar-refractivity contribution in [1.29, 1.82) is 0 Å². The summed E-state index contributed by atoms with van der Waals surface area (Å²) in [6.07, 6.45) is -0.328. The molecule has 0 aliphatic carbocycles. The first-order valence-electron chi connectivity index (χ1n) is 6.57. The second-order valence-electron chi connectivity index (χ2n) is 4.83. The summed E-state index contributed by atoms with van der Waals surface area (Å²) in [5, 5.41) is 9.12. The SMILES string of the molecule is COC(=O)CC1CN(C(=O)N2CSC[C@H]2C(=O)O)CCO1. The average Bonchev–Trinajstić information content (AvgIpc) is 2.96. The molecule has 9 heteroatoms. The van der Waals surface area contributed by atoms with E-state index in [1.54, 1.807) is 4.90 Å². The molecule has 2 fully saturated rings. The van der Waals surface area contributed by atoms with Crippen LogP contribution in [-0.4, -0.2) is 83.5 Å². The van der Waals surface area contributed by atoms with Gasteiger partial charge in [0.1, 0.15) is 6.04 Å². The van der Waals surface area contributed by atoms with Crippen LogP contribution in [0.25, 0.3) is 0 Å². The number of amides is 2. The number of carboxylic acid groups (broad SMARTS) is 1. The van der Waals surface area contributed by atoms with Gasteiger partial charge in [-0.3, -0.25) is 4.79 Å². The molecule has 2 aliphatic heterocycles. The predicted molar refractivity (Wildman–Crippen MR) is 73.9 cm³/mol. The fourth-order valence-electron chi connectivity index (χ4n) is 2.30. The lowest BCUT2D eigenvalue weighted by Gasteiger charge is -2.35. The topological polar surface area (TPSA) is 96.4 Å². The van der Waals surface area contributed by atoms with E-state index in [1.807, 2.05) is 0 Å². The number of hydrogen-bond acceptors (Lipinski definition) is 6. The Kier molecular flexibility index (Phi) is 5.29. The van der Waals surface area contributed by atoms with Crippen LogP contribution in [0.1, 0.15) is 6.42 Å². The van der Waals surface area contributed by atoms with E-state index in [1.165, 1.54) is 23.8 Å². The minimum absolute atomic E-state index is 0.0807. The van der Waals surface area contributed by atoms with Crippen LogP contribution in [0.2, 0.25) is 0 Å². The average molecular weight is 318 g/mol. The van der Waals surface area contributed by atoms with E-state index in [2.05, 4.69) is 4.74 Å². The molecule has 0 aromatic carbocycles. The molecule has 2 aliphatic rings. The smallest absolute Gasteiger partial charge is 0.327 e. The molecule has 8 nitrogen and oxygen atoms in total. The number of methoxy groups -OCH3 is 1. The largest absolute Gasteiger partial charge is 0.480 e. The molecule has 0 aromatic heterocycles. The zero-order chi connectivity index (χ0) is 15.4. The van der Waals surface area contributed by atoms with Gasteiger partial charge in [-0.25, -0.2) is 9.59 Å². The van der Waals surface area contributed by atoms with Crippen LogP contribution in [0.4, 0.5) is 4.79 Å². The molecule has 2 amide bonds. The van der Waals surface area contributed by atoms with Crippen molar-refractivity contribution in [3.63, 3.8) is 0 Å². The molecule has 21 heavy (non-hydrogen) atoms. The number of ether oxygens (including phenoxy) is 2. The third kappa shape index (κ3) is 3.79. The number of carbonyl (C=O) groups excluding carboxylic acids is 2. The quantitative estimate of drug-likeness (QED) is 0.722. The molecule has 2 saturated heterocycles. The second-order valence-corrected chi connectivity index (χ2v) is 5.83. The molecule has 0 aromatic rings. The first kappa shape index (κ1) is 15.9. The molecule has 0 radical (unpaired) electrons. The summed E-state index contributed by atoms with van der Waals surface area (Å²) in [5.41, 5.74) is 0. The van der Waals surface area contributed by atoms with Crippen LogP contribution >= 0.6 is 11.8 Å². The normalized spacial score (nSPS) is 25.8. The Balaban J connectivity index is 1.95. The van der Waals surface area contributed by atoms with E-state index in [9.17, 15) is 14.4 Å². The molecule has 1 unspecified atom stereocenters. The van der Waals surface area contributed by atoms with Crippen molar-refractivity contribution in [3.05, 3.63) is 0 Å². The van der Waals surface area contributed by atoms with Crippen LogP contribution in [0.5, 0.6) is 0 Å². The van der Waals surface area contributed by atoms with Gasteiger partial charge in [-0.05, 0) is 0 Å². The molecular weight excluding hydrogens is 300 g/mol. The fraction of sp³-hybridized carbons (Fsp3) is 0.750. The van der Waals surface area contributed by atoms with E-state index in [-0.39, 0.29) is 19.0 Å². The standard InChI is InChI=1S/C12H18N2O6S/c1-19-10(15)4-8-5-13(2-3-20-8)12(18)14-7-21-6-9(14)11(16)17/h8-9H,2-7H2,1H3,(H,16,17)/t8?,9-/m0/s1. The van der Waals surface area contributed by atoms with Crippen molar-refractivity contribution in [2.24, 2.45) is 0 Å². The van der Waals surface area contributed by atoms with Crippen LogP contribution in [0, 0.1) is 0 Å². The third-order valence-electron chi connectivity index (χ3n) is 3.44. The Labute approximate surface area is 126 Å². The number of nitrogens with zero attached hydrogens (tertiary/aromatic N) is 2. The maximum absolute atomic E-state index is 12.4. The summed E-state index contributed by atoms with van der Waals surface area (Å²) < 4.78 is 10.0. The number of hydrogen-bond donors (Lipinski definition) is 1. The Bertz CT molecular complexity index is 432. The van der Waals surface area contributed by atoms with Gasteiger partial charge in [-0.2, -0.15) is 0 Å². The van der Waals surface area contributed by atoms with Gasteiger partial charge in [-0.1, -0.05) is 0 Å². The summed E-state index contributed by atoms with van der Waals surface area (Å²) >= 11 is 1.42. The van der Waals surface area contributed by atoms with E-state index in [0.29, 0.717) is 24.8 Å². The van der Waals surface area contributed by atoms with Gasteiger partial charge in [0.2, 0.25) is 0 Å². The number of carbonyl (C=O) groups is 3. The van der Waals surface area contributed by atoms with E-state index >= 15 is 0 Å². The van der Waals surface area contributed by atoms with E-state index in [0.717, 1.165) is 0 Å². The Morgan fingerprint density at radius 3 is 2.86 bits per heavy atom. The lowest BCUT2D eigenvalue weighted by atomic mass is 10.2. The molecule has 1 N–H and O–H groups in total. The Morgan fingerprint density at radius 1 is 1.43 bits per heavy atom. The summed E-state index contributed by atoms with van der Waals surface area (Å²) in [4.78, 5) is 37.7. The maximum atomic E-state index is 12.4. The summed E-state index contributed by atoms with van der Waals surface area (Å²) in [7, 11) is 1.30. The zero-order valence-electron chi connectivity index (χ0n) is 11.7. The number of thioether (sulfide) groups is 1. The maximum Gasteiger partial charge on any atom is 0.327 e. The summed E-state index contributed by atoms with van der Waals surface area (Å²) in [6.45, 7) is 0.984. The lowest BCUT2D eigenvalue weighted by molar-refractivity contribution is -0.145. The van der Waals surface area contributed by atoms with Crippen LogP contribution < -0.4 is 0 Å². The molecule has 2 atom stereocenters. The molecule has 0 saturated carbocycles. The summed E-state index contributed by atoms with van der Waals surface area (Å²) in [5.74, 6) is -0.617. The molecule has 0 spiro atoms. The minimum atomic E-state index is -0.993. The third-order valence-corrected chi connectivity index (χ3v) is 4.46. The number of esters is 1.